The fraction of sp³-hybridized carbons (Fsp3) is 0.778. The lowest BCUT2D eigenvalue weighted by Gasteiger charge is -2.18. The maximum absolute atomic E-state index is 5.63. The zero-order valence-electron chi connectivity index (χ0n) is 7.35. The smallest absolute Gasteiger partial charge is 0.0351 e. The predicted octanol–water partition coefficient (Wildman–Crippen LogP) is 2.51. The number of alkyl halides is 1. The van der Waals surface area contributed by atoms with Crippen LogP contribution in [0.5, 0.6) is 0 Å². The zero-order valence-corrected chi connectivity index (χ0v) is 8.11. The molecule has 11 heavy (non-hydrogen) atoms. The van der Waals surface area contributed by atoms with E-state index in [1.54, 1.807) is 0 Å². The summed E-state index contributed by atoms with van der Waals surface area (Å²) in [7, 11) is 0. The maximum atomic E-state index is 5.63. The van der Waals surface area contributed by atoms with Crippen molar-refractivity contribution in [3.8, 4) is 0 Å². The molecule has 0 amide bonds. The zero-order chi connectivity index (χ0) is 8.53. The molecule has 0 heterocycles. The number of halogens is 1. The standard InChI is InChI=1S/C9H18ClN/c1-3-5-8-11(7-4-2)9-6-10/h4H,2-3,5-9H2,1H3. The molecule has 0 atom stereocenters. The van der Waals surface area contributed by atoms with Gasteiger partial charge in [-0.05, 0) is 13.0 Å². The van der Waals surface area contributed by atoms with Crippen LogP contribution in [0.25, 0.3) is 0 Å². The summed E-state index contributed by atoms with van der Waals surface area (Å²) in [6.07, 6.45) is 4.43. The first-order chi connectivity index (χ1) is 5.35. The van der Waals surface area contributed by atoms with Crippen molar-refractivity contribution in [2.45, 2.75) is 19.8 Å². The molecule has 0 aromatic carbocycles. The summed E-state index contributed by atoms with van der Waals surface area (Å²) in [5.41, 5.74) is 0. The van der Waals surface area contributed by atoms with E-state index in [-0.39, 0.29) is 0 Å². The molecule has 0 saturated heterocycles. The van der Waals surface area contributed by atoms with Crippen molar-refractivity contribution in [2.75, 3.05) is 25.5 Å². The molecule has 0 aromatic rings. The van der Waals surface area contributed by atoms with Gasteiger partial charge >= 0.3 is 0 Å². The Hall–Kier alpha value is -0.0100. The molecular weight excluding hydrogens is 158 g/mol. The Labute approximate surface area is 75.0 Å². The van der Waals surface area contributed by atoms with E-state index in [1.165, 1.54) is 12.8 Å². The number of hydrogen-bond acceptors (Lipinski definition) is 1. The quantitative estimate of drug-likeness (QED) is 0.425. The third-order valence-electron chi connectivity index (χ3n) is 1.62. The van der Waals surface area contributed by atoms with Gasteiger partial charge in [0.15, 0.2) is 0 Å². The lowest BCUT2D eigenvalue weighted by molar-refractivity contribution is 0.315. The highest BCUT2D eigenvalue weighted by molar-refractivity contribution is 6.18. The number of nitrogens with zero attached hydrogens (tertiary/aromatic N) is 1. The van der Waals surface area contributed by atoms with Crippen LogP contribution in [0.2, 0.25) is 0 Å². The van der Waals surface area contributed by atoms with Gasteiger partial charge in [0.05, 0.1) is 0 Å². The monoisotopic (exact) mass is 175 g/mol. The highest BCUT2D eigenvalue weighted by Gasteiger charge is 1.99. The molecule has 0 saturated carbocycles. The molecule has 0 aliphatic rings. The van der Waals surface area contributed by atoms with Crippen LogP contribution in [0.3, 0.4) is 0 Å². The van der Waals surface area contributed by atoms with E-state index in [0.29, 0.717) is 0 Å². The molecule has 0 rings (SSSR count). The second-order valence-corrected chi connectivity index (χ2v) is 3.01. The van der Waals surface area contributed by atoms with Crippen molar-refractivity contribution in [1.29, 1.82) is 0 Å². The molecule has 1 nitrogen and oxygen atoms in total. The third kappa shape index (κ3) is 6.39. The van der Waals surface area contributed by atoms with Gasteiger partial charge in [-0.2, -0.15) is 0 Å². The van der Waals surface area contributed by atoms with Crippen molar-refractivity contribution in [3.05, 3.63) is 12.7 Å². The SMILES string of the molecule is C=CCN(CCCl)CCCC. The minimum absolute atomic E-state index is 0.720. The number of rotatable bonds is 7. The van der Waals surface area contributed by atoms with E-state index >= 15 is 0 Å². The largest absolute Gasteiger partial charge is 0.299 e. The molecule has 0 radical (unpaired) electrons. The Morgan fingerprint density at radius 1 is 1.45 bits per heavy atom. The van der Waals surface area contributed by atoms with Crippen molar-refractivity contribution >= 4 is 11.6 Å². The van der Waals surface area contributed by atoms with Crippen LogP contribution in [0.1, 0.15) is 19.8 Å². The van der Waals surface area contributed by atoms with Crippen LogP contribution in [-0.4, -0.2) is 30.4 Å². The van der Waals surface area contributed by atoms with Crippen molar-refractivity contribution in [1.82, 2.24) is 4.90 Å². The van der Waals surface area contributed by atoms with E-state index in [1.807, 2.05) is 6.08 Å². The van der Waals surface area contributed by atoms with Gasteiger partial charge < -0.3 is 0 Å². The summed E-state index contributed by atoms with van der Waals surface area (Å²) in [6.45, 7) is 9.00. The molecule has 0 aliphatic heterocycles. The topological polar surface area (TPSA) is 3.24 Å². The first kappa shape index (κ1) is 11.0. The average molecular weight is 176 g/mol. The summed E-state index contributed by atoms with van der Waals surface area (Å²) in [5.74, 6) is 0.720. The second-order valence-electron chi connectivity index (χ2n) is 2.63. The molecule has 0 N–H and O–H groups in total. The van der Waals surface area contributed by atoms with Gasteiger partial charge in [-0.15, -0.1) is 18.2 Å². The van der Waals surface area contributed by atoms with Crippen LogP contribution in [-0.2, 0) is 0 Å². The van der Waals surface area contributed by atoms with Crippen LogP contribution < -0.4 is 0 Å². The van der Waals surface area contributed by atoms with E-state index in [0.717, 1.165) is 25.5 Å². The average Bonchev–Trinajstić information content (AvgIpc) is 2.01. The van der Waals surface area contributed by atoms with Gasteiger partial charge in [-0.1, -0.05) is 19.4 Å². The van der Waals surface area contributed by atoms with E-state index in [4.69, 9.17) is 11.6 Å². The van der Waals surface area contributed by atoms with Crippen molar-refractivity contribution in [3.63, 3.8) is 0 Å². The van der Waals surface area contributed by atoms with Gasteiger partial charge in [-0.25, -0.2) is 0 Å². The van der Waals surface area contributed by atoms with Crippen molar-refractivity contribution < 1.29 is 0 Å². The van der Waals surface area contributed by atoms with Crippen LogP contribution >= 0.6 is 11.6 Å². The number of unbranched alkanes of at least 4 members (excludes halogenated alkanes) is 1. The number of hydrogen-bond donors (Lipinski definition) is 0. The summed E-state index contributed by atoms with van der Waals surface area (Å²) in [6, 6.07) is 0. The molecular formula is C9H18ClN. The Morgan fingerprint density at radius 2 is 2.18 bits per heavy atom. The van der Waals surface area contributed by atoms with Gasteiger partial charge in [0.25, 0.3) is 0 Å². The molecule has 66 valence electrons. The Balaban J connectivity index is 3.41. The molecule has 0 aromatic heterocycles. The van der Waals surface area contributed by atoms with Crippen LogP contribution in [0.15, 0.2) is 12.7 Å². The predicted molar refractivity (Wildman–Crippen MR) is 52.3 cm³/mol. The minimum Gasteiger partial charge on any atom is -0.299 e. The highest BCUT2D eigenvalue weighted by atomic mass is 35.5. The minimum atomic E-state index is 0.720. The van der Waals surface area contributed by atoms with Crippen molar-refractivity contribution in [2.24, 2.45) is 0 Å². The highest BCUT2D eigenvalue weighted by Crippen LogP contribution is 1.95. The Morgan fingerprint density at radius 3 is 2.64 bits per heavy atom. The maximum Gasteiger partial charge on any atom is 0.0351 e. The lowest BCUT2D eigenvalue weighted by atomic mass is 10.3. The van der Waals surface area contributed by atoms with E-state index in [2.05, 4.69) is 18.4 Å². The first-order valence-electron chi connectivity index (χ1n) is 4.24. The normalized spacial score (nSPS) is 10.5. The molecule has 0 fully saturated rings. The molecule has 0 aliphatic carbocycles. The lowest BCUT2D eigenvalue weighted by Crippen LogP contribution is -2.26. The van der Waals surface area contributed by atoms with Gasteiger partial charge in [0.1, 0.15) is 0 Å². The molecule has 0 spiro atoms. The van der Waals surface area contributed by atoms with Crippen LogP contribution in [0.4, 0.5) is 0 Å². The van der Waals surface area contributed by atoms with E-state index < -0.39 is 0 Å². The Bertz CT molecular complexity index is 93.6. The summed E-state index contributed by atoms with van der Waals surface area (Å²) >= 11 is 5.63. The molecule has 0 unspecified atom stereocenters. The Kier molecular flexibility index (Phi) is 8.08. The molecule has 2 heteroatoms. The van der Waals surface area contributed by atoms with E-state index in [9.17, 15) is 0 Å². The molecule has 0 bridgehead atoms. The summed E-state index contributed by atoms with van der Waals surface area (Å²) in [5, 5.41) is 0. The van der Waals surface area contributed by atoms with Gasteiger partial charge in [-0.3, -0.25) is 4.90 Å². The van der Waals surface area contributed by atoms with Crippen LogP contribution in [0, 0.1) is 0 Å². The fourth-order valence-electron chi connectivity index (χ4n) is 0.978. The summed E-state index contributed by atoms with van der Waals surface area (Å²) < 4.78 is 0. The van der Waals surface area contributed by atoms with Gasteiger partial charge in [0.2, 0.25) is 0 Å². The van der Waals surface area contributed by atoms with Gasteiger partial charge in [0, 0.05) is 19.0 Å². The summed E-state index contributed by atoms with van der Waals surface area (Å²) in [4.78, 5) is 2.32. The third-order valence-corrected chi connectivity index (χ3v) is 1.78. The first-order valence-corrected chi connectivity index (χ1v) is 4.77. The fourth-order valence-corrected chi connectivity index (χ4v) is 1.22. The second kappa shape index (κ2) is 8.09.